The zero-order chi connectivity index (χ0) is 11.9. The standard InChI is InChI=1S/C12H28N2O/c1-7-14(11(2)8-15-6)10-12(3,4)9-13-5/h11,13H,7-10H2,1-6H3. The monoisotopic (exact) mass is 216 g/mol. The average molecular weight is 216 g/mol. The minimum atomic E-state index is 0.312. The molecule has 0 aliphatic rings. The van der Waals surface area contributed by atoms with Gasteiger partial charge in [-0.2, -0.15) is 0 Å². The predicted octanol–water partition coefficient (Wildman–Crippen LogP) is 1.59. The van der Waals surface area contributed by atoms with Crippen molar-refractivity contribution in [3.8, 4) is 0 Å². The Hall–Kier alpha value is -0.120. The summed E-state index contributed by atoms with van der Waals surface area (Å²) in [5, 5.41) is 3.25. The molecule has 0 saturated carbocycles. The van der Waals surface area contributed by atoms with E-state index in [1.165, 1.54) is 0 Å². The lowest BCUT2D eigenvalue weighted by atomic mass is 9.92. The quantitative estimate of drug-likeness (QED) is 0.667. The number of nitrogens with zero attached hydrogens (tertiary/aromatic N) is 1. The SMILES string of the molecule is CCN(CC(C)(C)CNC)C(C)COC. The second kappa shape index (κ2) is 7.20. The van der Waals surface area contributed by atoms with Crippen LogP contribution in [-0.4, -0.2) is 51.3 Å². The van der Waals surface area contributed by atoms with E-state index in [0.29, 0.717) is 11.5 Å². The lowest BCUT2D eigenvalue weighted by molar-refractivity contribution is 0.0760. The Kier molecular flexibility index (Phi) is 7.14. The second-order valence-electron chi connectivity index (χ2n) is 5.06. The molecule has 0 amide bonds. The largest absolute Gasteiger partial charge is 0.383 e. The summed E-state index contributed by atoms with van der Waals surface area (Å²) in [5.41, 5.74) is 0.312. The third kappa shape index (κ3) is 6.13. The van der Waals surface area contributed by atoms with Gasteiger partial charge >= 0.3 is 0 Å². The Morgan fingerprint density at radius 1 is 1.40 bits per heavy atom. The summed E-state index contributed by atoms with van der Waals surface area (Å²) < 4.78 is 5.20. The number of nitrogens with one attached hydrogen (secondary N) is 1. The molecule has 15 heavy (non-hydrogen) atoms. The molecule has 0 spiro atoms. The van der Waals surface area contributed by atoms with Crippen molar-refractivity contribution >= 4 is 0 Å². The van der Waals surface area contributed by atoms with Gasteiger partial charge in [0.2, 0.25) is 0 Å². The molecule has 0 aromatic rings. The highest BCUT2D eigenvalue weighted by Gasteiger charge is 2.23. The maximum atomic E-state index is 5.20. The van der Waals surface area contributed by atoms with Crippen LogP contribution in [0.25, 0.3) is 0 Å². The van der Waals surface area contributed by atoms with Crippen molar-refractivity contribution in [2.45, 2.75) is 33.7 Å². The Bertz CT molecular complexity index is 160. The van der Waals surface area contributed by atoms with E-state index in [1.54, 1.807) is 7.11 Å². The Morgan fingerprint density at radius 2 is 2.00 bits per heavy atom. The van der Waals surface area contributed by atoms with E-state index in [1.807, 2.05) is 7.05 Å². The smallest absolute Gasteiger partial charge is 0.0615 e. The molecule has 0 bridgehead atoms. The summed E-state index contributed by atoms with van der Waals surface area (Å²) in [6.45, 7) is 13.1. The van der Waals surface area contributed by atoms with E-state index in [9.17, 15) is 0 Å². The van der Waals surface area contributed by atoms with E-state index >= 15 is 0 Å². The van der Waals surface area contributed by atoms with E-state index in [4.69, 9.17) is 4.74 Å². The molecule has 3 nitrogen and oxygen atoms in total. The van der Waals surface area contributed by atoms with Crippen LogP contribution in [0.15, 0.2) is 0 Å². The first kappa shape index (κ1) is 14.9. The maximum absolute atomic E-state index is 5.20. The summed E-state index contributed by atoms with van der Waals surface area (Å²) in [5.74, 6) is 0. The predicted molar refractivity (Wildman–Crippen MR) is 66.3 cm³/mol. The van der Waals surface area contributed by atoms with Crippen LogP contribution in [0.4, 0.5) is 0 Å². The van der Waals surface area contributed by atoms with Gasteiger partial charge in [0.15, 0.2) is 0 Å². The molecule has 0 heterocycles. The zero-order valence-electron chi connectivity index (χ0n) is 11.3. The molecular formula is C12H28N2O. The van der Waals surface area contributed by atoms with Crippen LogP contribution in [0.5, 0.6) is 0 Å². The van der Waals surface area contributed by atoms with Gasteiger partial charge in [-0.3, -0.25) is 4.90 Å². The van der Waals surface area contributed by atoms with Gasteiger partial charge in [0, 0.05) is 26.2 Å². The van der Waals surface area contributed by atoms with E-state index < -0.39 is 0 Å². The molecule has 92 valence electrons. The first-order valence-electron chi connectivity index (χ1n) is 5.84. The average Bonchev–Trinajstić information content (AvgIpc) is 2.14. The topological polar surface area (TPSA) is 24.5 Å². The second-order valence-corrected chi connectivity index (χ2v) is 5.06. The number of hydrogen-bond donors (Lipinski definition) is 1. The molecular weight excluding hydrogens is 188 g/mol. The van der Waals surface area contributed by atoms with Gasteiger partial charge in [0.05, 0.1) is 6.61 Å². The highest BCUT2D eigenvalue weighted by Crippen LogP contribution is 2.17. The van der Waals surface area contributed by atoms with Crippen LogP contribution in [0.2, 0.25) is 0 Å². The Labute approximate surface area is 95.2 Å². The number of ether oxygens (including phenoxy) is 1. The highest BCUT2D eigenvalue weighted by atomic mass is 16.5. The van der Waals surface area contributed by atoms with Crippen LogP contribution >= 0.6 is 0 Å². The lowest BCUT2D eigenvalue weighted by Gasteiger charge is -2.35. The number of rotatable bonds is 8. The van der Waals surface area contributed by atoms with Crippen LogP contribution in [0.1, 0.15) is 27.7 Å². The fraction of sp³-hybridized carbons (Fsp3) is 1.00. The highest BCUT2D eigenvalue weighted by molar-refractivity contribution is 4.78. The molecule has 0 aliphatic heterocycles. The molecule has 0 radical (unpaired) electrons. The fourth-order valence-corrected chi connectivity index (χ4v) is 2.01. The molecule has 1 atom stereocenters. The first-order chi connectivity index (χ1) is 6.96. The summed E-state index contributed by atoms with van der Waals surface area (Å²) >= 11 is 0. The van der Waals surface area contributed by atoms with Gasteiger partial charge in [-0.1, -0.05) is 20.8 Å². The van der Waals surface area contributed by atoms with Crippen molar-refractivity contribution in [1.82, 2.24) is 10.2 Å². The fourth-order valence-electron chi connectivity index (χ4n) is 2.01. The number of likely N-dealkylation sites (N-methyl/N-ethyl adjacent to an activating group) is 1. The van der Waals surface area contributed by atoms with Crippen molar-refractivity contribution in [2.75, 3.05) is 40.4 Å². The molecule has 0 aromatic heterocycles. The summed E-state index contributed by atoms with van der Waals surface area (Å²) in [6.07, 6.45) is 0. The molecule has 1 N–H and O–H groups in total. The van der Waals surface area contributed by atoms with Gasteiger partial charge in [0.1, 0.15) is 0 Å². The van der Waals surface area contributed by atoms with Crippen molar-refractivity contribution in [2.24, 2.45) is 5.41 Å². The lowest BCUT2D eigenvalue weighted by Crippen LogP contribution is -2.45. The van der Waals surface area contributed by atoms with Crippen LogP contribution in [-0.2, 0) is 4.74 Å². The van der Waals surface area contributed by atoms with Crippen LogP contribution < -0.4 is 5.32 Å². The van der Waals surface area contributed by atoms with Gasteiger partial charge < -0.3 is 10.1 Å². The number of hydrogen-bond acceptors (Lipinski definition) is 3. The molecule has 3 heteroatoms. The normalized spacial score (nSPS) is 14.6. The first-order valence-corrected chi connectivity index (χ1v) is 5.84. The van der Waals surface area contributed by atoms with Crippen molar-refractivity contribution in [3.05, 3.63) is 0 Å². The maximum Gasteiger partial charge on any atom is 0.0615 e. The molecule has 0 saturated heterocycles. The molecule has 0 aliphatic carbocycles. The van der Waals surface area contributed by atoms with Crippen molar-refractivity contribution in [3.63, 3.8) is 0 Å². The summed E-state index contributed by atoms with van der Waals surface area (Å²) in [6, 6.07) is 0.496. The van der Waals surface area contributed by atoms with Crippen LogP contribution in [0, 0.1) is 5.41 Å². The van der Waals surface area contributed by atoms with E-state index in [-0.39, 0.29) is 0 Å². The van der Waals surface area contributed by atoms with Gasteiger partial charge in [-0.25, -0.2) is 0 Å². The Morgan fingerprint density at radius 3 is 2.40 bits per heavy atom. The Balaban J connectivity index is 4.18. The molecule has 0 rings (SSSR count). The molecule has 0 fully saturated rings. The minimum Gasteiger partial charge on any atom is -0.383 e. The zero-order valence-corrected chi connectivity index (χ0v) is 11.3. The van der Waals surface area contributed by atoms with Crippen molar-refractivity contribution in [1.29, 1.82) is 0 Å². The number of methoxy groups -OCH3 is 1. The van der Waals surface area contributed by atoms with E-state index in [2.05, 4.69) is 37.9 Å². The third-order valence-corrected chi connectivity index (χ3v) is 2.72. The third-order valence-electron chi connectivity index (χ3n) is 2.72. The van der Waals surface area contributed by atoms with Crippen molar-refractivity contribution < 1.29 is 4.74 Å². The molecule has 1 unspecified atom stereocenters. The summed E-state index contributed by atoms with van der Waals surface area (Å²) in [4.78, 5) is 2.47. The van der Waals surface area contributed by atoms with Gasteiger partial charge in [-0.15, -0.1) is 0 Å². The van der Waals surface area contributed by atoms with E-state index in [0.717, 1.165) is 26.2 Å². The van der Waals surface area contributed by atoms with Gasteiger partial charge in [0.25, 0.3) is 0 Å². The summed E-state index contributed by atoms with van der Waals surface area (Å²) in [7, 11) is 3.78. The minimum absolute atomic E-state index is 0.312. The van der Waals surface area contributed by atoms with Gasteiger partial charge in [-0.05, 0) is 25.9 Å². The molecule has 0 aromatic carbocycles. The van der Waals surface area contributed by atoms with Crippen LogP contribution in [0.3, 0.4) is 0 Å².